The molecule has 1 fully saturated rings. The fraction of sp³-hybridized carbons (Fsp3) is 0.611. The summed E-state index contributed by atoms with van der Waals surface area (Å²) in [7, 11) is 1.61. The Hall–Kier alpha value is -1.83. The van der Waals surface area contributed by atoms with Gasteiger partial charge in [0.25, 0.3) is 5.91 Å². The summed E-state index contributed by atoms with van der Waals surface area (Å²) in [5, 5.41) is 16.1. The van der Waals surface area contributed by atoms with Gasteiger partial charge in [-0.25, -0.2) is 0 Å². The number of nitrogens with one attached hydrogen (secondary N) is 2. The lowest BCUT2D eigenvalue weighted by Gasteiger charge is -2.28. The molecule has 25 heavy (non-hydrogen) atoms. The van der Waals surface area contributed by atoms with Gasteiger partial charge >= 0.3 is 0 Å². The van der Waals surface area contributed by atoms with E-state index in [1.54, 1.807) is 13.2 Å². The van der Waals surface area contributed by atoms with Gasteiger partial charge in [0.15, 0.2) is 11.5 Å². The van der Waals surface area contributed by atoms with E-state index in [0.29, 0.717) is 50.0 Å². The number of hydrogen-bond acceptors (Lipinski definition) is 6. The van der Waals surface area contributed by atoms with E-state index in [1.807, 2.05) is 6.07 Å². The van der Waals surface area contributed by atoms with Crippen LogP contribution in [-0.4, -0.2) is 57.1 Å². The van der Waals surface area contributed by atoms with Crippen LogP contribution in [0, 0.1) is 5.92 Å². The van der Waals surface area contributed by atoms with Crippen LogP contribution in [0.3, 0.4) is 0 Å². The number of benzene rings is 1. The minimum Gasteiger partial charge on any atom is -0.490 e. The molecule has 7 nitrogen and oxygen atoms in total. The van der Waals surface area contributed by atoms with E-state index in [4.69, 9.17) is 14.2 Å². The van der Waals surface area contributed by atoms with Crippen LogP contribution in [0.5, 0.6) is 11.5 Å². The number of carbonyl (C=O) groups is 1. The Kier molecular flexibility index (Phi) is 6.12. The molecule has 0 spiro atoms. The maximum Gasteiger partial charge on any atom is 0.255 e. The number of amides is 1. The second-order valence-electron chi connectivity index (χ2n) is 6.48. The van der Waals surface area contributed by atoms with Crippen LogP contribution in [0.15, 0.2) is 12.1 Å². The monoisotopic (exact) mass is 350 g/mol. The zero-order valence-electron chi connectivity index (χ0n) is 14.5. The van der Waals surface area contributed by atoms with Crippen molar-refractivity contribution in [3.63, 3.8) is 0 Å². The second kappa shape index (κ2) is 8.51. The van der Waals surface area contributed by atoms with Crippen molar-refractivity contribution in [2.75, 3.05) is 40.0 Å². The molecule has 3 N–H and O–H groups in total. The molecule has 0 aliphatic carbocycles. The lowest BCUT2D eigenvalue weighted by molar-refractivity contribution is 0.0751. The molecule has 3 rings (SSSR count). The SMILES string of the molecule is COCc1cc2c(c(C(=O)NCC3CCNC[C@H]3O)c1)OCCCO2. The molecule has 1 saturated heterocycles. The van der Waals surface area contributed by atoms with Crippen LogP contribution in [-0.2, 0) is 11.3 Å². The van der Waals surface area contributed by atoms with E-state index < -0.39 is 6.10 Å². The number of rotatable bonds is 5. The minimum atomic E-state index is -0.439. The average Bonchev–Trinajstić information content (AvgIpc) is 2.86. The smallest absolute Gasteiger partial charge is 0.255 e. The van der Waals surface area contributed by atoms with Gasteiger partial charge in [-0.2, -0.15) is 0 Å². The van der Waals surface area contributed by atoms with E-state index >= 15 is 0 Å². The first-order valence-electron chi connectivity index (χ1n) is 8.77. The summed E-state index contributed by atoms with van der Waals surface area (Å²) in [5.74, 6) is 0.911. The third-order valence-corrected chi connectivity index (χ3v) is 4.58. The van der Waals surface area contributed by atoms with Crippen molar-refractivity contribution in [2.45, 2.75) is 25.6 Å². The molecule has 1 amide bonds. The van der Waals surface area contributed by atoms with Crippen LogP contribution >= 0.6 is 0 Å². The number of piperidine rings is 1. The maximum atomic E-state index is 12.7. The first kappa shape index (κ1) is 18.0. The number of fused-ring (bicyclic) bond motifs is 1. The largest absolute Gasteiger partial charge is 0.490 e. The van der Waals surface area contributed by atoms with Crippen LogP contribution in [0.4, 0.5) is 0 Å². The third-order valence-electron chi connectivity index (χ3n) is 4.58. The summed E-state index contributed by atoms with van der Waals surface area (Å²) in [6.07, 6.45) is 1.17. The highest BCUT2D eigenvalue weighted by Gasteiger charge is 2.25. The molecular formula is C18H26N2O5. The van der Waals surface area contributed by atoms with Gasteiger partial charge in [0.2, 0.25) is 0 Å². The molecule has 2 heterocycles. The molecule has 1 unspecified atom stereocenters. The highest BCUT2D eigenvalue weighted by molar-refractivity contribution is 5.98. The molecule has 0 aromatic heterocycles. The molecule has 1 aromatic carbocycles. The maximum absolute atomic E-state index is 12.7. The summed E-state index contributed by atoms with van der Waals surface area (Å²) < 4.78 is 16.7. The lowest BCUT2D eigenvalue weighted by atomic mass is 9.95. The van der Waals surface area contributed by atoms with E-state index in [1.165, 1.54) is 0 Å². The second-order valence-corrected chi connectivity index (χ2v) is 6.48. The summed E-state index contributed by atoms with van der Waals surface area (Å²) in [6, 6.07) is 3.64. The Balaban J connectivity index is 1.76. The normalized spacial score (nSPS) is 23.0. The van der Waals surface area contributed by atoms with Crippen LogP contribution in [0.25, 0.3) is 0 Å². The van der Waals surface area contributed by atoms with Gasteiger partial charge in [0.05, 0.1) is 31.5 Å². The fourth-order valence-electron chi connectivity index (χ4n) is 3.20. The minimum absolute atomic E-state index is 0.0585. The molecule has 7 heteroatoms. The third kappa shape index (κ3) is 4.42. The van der Waals surface area contributed by atoms with Gasteiger partial charge in [-0.1, -0.05) is 0 Å². The van der Waals surface area contributed by atoms with Gasteiger partial charge in [0.1, 0.15) is 0 Å². The number of ether oxygens (including phenoxy) is 3. The molecular weight excluding hydrogens is 324 g/mol. The number of β-amino-alcohol motifs (C(OH)–C–C–N with tert-alkyl or cyclic N) is 1. The van der Waals surface area contributed by atoms with Crippen molar-refractivity contribution < 1.29 is 24.1 Å². The van der Waals surface area contributed by atoms with Crippen LogP contribution < -0.4 is 20.1 Å². The molecule has 0 saturated carbocycles. The molecule has 2 aliphatic heterocycles. The zero-order chi connectivity index (χ0) is 17.6. The first-order valence-corrected chi connectivity index (χ1v) is 8.77. The quantitative estimate of drug-likeness (QED) is 0.724. The van der Waals surface area contributed by atoms with Crippen molar-refractivity contribution in [2.24, 2.45) is 5.92 Å². The Bertz CT molecular complexity index is 607. The summed E-state index contributed by atoms with van der Waals surface area (Å²) in [5.41, 5.74) is 1.31. The predicted octanol–water partition coefficient (Wildman–Crippen LogP) is 0.695. The van der Waals surface area contributed by atoms with E-state index in [9.17, 15) is 9.90 Å². The van der Waals surface area contributed by atoms with Gasteiger partial charge < -0.3 is 30.0 Å². The summed E-state index contributed by atoms with van der Waals surface area (Å²) in [4.78, 5) is 12.7. The van der Waals surface area contributed by atoms with Crippen LogP contribution in [0.1, 0.15) is 28.8 Å². The molecule has 138 valence electrons. The Morgan fingerprint density at radius 3 is 3.04 bits per heavy atom. The van der Waals surface area contributed by atoms with Gasteiger partial charge in [-0.3, -0.25) is 4.79 Å². The lowest BCUT2D eigenvalue weighted by Crippen LogP contribution is -2.45. The Morgan fingerprint density at radius 1 is 1.40 bits per heavy atom. The molecule has 2 atom stereocenters. The Morgan fingerprint density at radius 2 is 2.24 bits per heavy atom. The highest BCUT2D eigenvalue weighted by Crippen LogP contribution is 2.35. The Labute approximate surface area is 147 Å². The molecule has 0 radical (unpaired) electrons. The summed E-state index contributed by atoms with van der Waals surface area (Å²) in [6.45, 7) is 3.33. The van der Waals surface area contributed by atoms with E-state index in [0.717, 1.165) is 24.9 Å². The zero-order valence-corrected chi connectivity index (χ0v) is 14.5. The number of methoxy groups -OCH3 is 1. The first-order chi connectivity index (χ1) is 12.2. The van der Waals surface area contributed by atoms with Crippen molar-refractivity contribution in [3.05, 3.63) is 23.3 Å². The highest BCUT2D eigenvalue weighted by atomic mass is 16.5. The summed E-state index contributed by atoms with van der Waals surface area (Å²) >= 11 is 0. The van der Waals surface area contributed by atoms with Crippen molar-refractivity contribution in [1.82, 2.24) is 10.6 Å². The van der Waals surface area contributed by atoms with Crippen molar-refractivity contribution >= 4 is 5.91 Å². The van der Waals surface area contributed by atoms with E-state index in [2.05, 4.69) is 10.6 Å². The molecule has 0 bridgehead atoms. The molecule has 1 aromatic rings. The van der Waals surface area contributed by atoms with Gasteiger partial charge in [0, 0.05) is 32.5 Å². The van der Waals surface area contributed by atoms with Crippen molar-refractivity contribution in [3.8, 4) is 11.5 Å². The van der Waals surface area contributed by atoms with Gasteiger partial charge in [-0.05, 0) is 30.7 Å². The van der Waals surface area contributed by atoms with Gasteiger partial charge in [-0.15, -0.1) is 0 Å². The van der Waals surface area contributed by atoms with E-state index in [-0.39, 0.29) is 11.8 Å². The topological polar surface area (TPSA) is 89.1 Å². The molecule has 2 aliphatic rings. The number of carbonyl (C=O) groups excluding carboxylic acids is 1. The van der Waals surface area contributed by atoms with Crippen molar-refractivity contribution in [1.29, 1.82) is 0 Å². The number of aliphatic hydroxyl groups excluding tert-OH is 1. The van der Waals surface area contributed by atoms with Crippen LogP contribution in [0.2, 0.25) is 0 Å². The number of aliphatic hydroxyl groups is 1. The predicted molar refractivity (Wildman–Crippen MR) is 92.1 cm³/mol. The fourth-order valence-corrected chi connectivity index (χ4v) is 3.20. The standard InChI is InChI=1S/C18H26N2O5/c1-23-11-12-7-14(17-16(8-12)24-5-2-6-25-17)18(22)20-9-13-3-4-19-10-15(13)21/h7-8,13,15,19,21H,2-6,9-11H2,1H3,(H,20,22)/t13?,15-/m1/s1. The number of hydrogen-bond donors (Lipinski definition) is 3. The average molecular weight is 350 g/mol.